The lowest BCUT2D eigenvalue weighted by atomic mass is 9.75. The molecular weight excluding hydrogens is 286 g/mol. The maximum absolute atomic E-state index is 13.1. The molecule has 4 heteroatoms. The highest BCUT2D eigenvalue weighted by Gasteiger charge is 2.41. The van der Waals surface area contributed by atoms with Crippen LogP contribution in [0.5, 0.6) is 0 Å². The summed E-state index contributed by atoms with van der Waals surface area (Å²) >= 11 is 0. The topological polar surface area (TPSA) is 38.1 Å². The van der Waals surface area contributed by atoms with Crippen LogP contribution in [0.1, 0.15) is 81.8 Å². The monoisotopic (exact) mass is 315 g/mol. The molecule has 4 nitrogen and oxygen atoms in total. The van der Waals surface area contributed by atoms with E-state index < -0.39 is 0 Å². The van der Waals surface area contributed by atoms with Crippen LogP contribution in [0.15, 0.2) is 6.20 Å². The quantitative estimate of drug-likeness (QED) is 0.850. The third-order valence-electron chi connectivity index (χ3n) is 6.24. The van der Waals surface area contributed by atoms with Gasteiger partial charge in [-0.25, -0.2) is 4.98 Å². The van der Waals surface area contributed by atoms with E-state index in [-0.39, 0.29) is 5.41 Å². The van der Waals surface area contributed by atoms with Crippen LogP contribution in [0.25, 0.3) is 0 Å². The van der Waals surface area contributed by atoms with E-state index in [9.17, 15) is 4.79 Å². The van der Waals surface area contributed by atoms with Crippen molar-refractivity contribution in [2.75, 3.05) is 13.1 Å². The van der Waals surface area contributed by atoms with Crippen LogP contribution in [0.4, 0.5) is 0 Å². The lowest BCUT2D eigenvalue weighted by Gasteiger charge is -2.35. The van der Waals surface area contributed by atoms with Gasteiger partial charge in [0.1, 0.15) is 5.82 Å². The molecule has 1 aliphatic heterocycles. The van der Waals surface area contributed by atoms with E-state index in [0.717, 1.165) is 32.4 Å². The standard InChI is InChI=1S/C19H29N3O/c1-14-12-20-17(15-6-7-15)22(14)16-8-11-21(13-16)18(23)19(2)9-4-3-5-10-19/h12,15-16H,3-11,13H2,1-2H3. The van der Waals surface area contributed by atoms with Gasteiger partial charge >= 0.3 is 0 Å². The van der Waals surface area contributed by atoms with Gasteiger partial charge in [0, 0.05) is 36.3 Å². The van der Waals surface area contributed by atoms with Gasteiger partial charge in [-0.1, -0.05) is 26.2 Å². The van der Waals surface area contributed by atoms with Crippen LogP contribution in [-0.4, -0.2) is 33.4 Å². The van der Waals surface area contributed by atoms with E-state index in [1.165, 1.54) is 43.6 Å². The first-order valence-corrected chi connectivity index (χ1v) is 9.41. The van der Waals surface area contributed by atoms with Gasteiger partial charge in [0.15, 0.2) is 0 Å². The number of hydrogen-bond donors (Lipinski definition) is 0. The Hall–Kier alpha value is -1.32. The zero-order chi connectivity index (χ0) is 16.0. The Kier molecular flexibility index (Phi) is 3.73. The minimum atomic E-state index is -0.101. The van der Waals surface area contributed by atoms with Crippen LogP contribution in [-0.2, 0) is 4.79 Å². The van der Waals surface area contributed by atoms with Gasteiger partial charge in [-0.15, -0.1) is 0 Å². The van der Waals surface area contributed by atoms with Crippen molar-refractivity contribution in [3.05, 3.63) is 17.7 Å². The van der Waals surface area contributed by atoms with E-state index in [1.54, 1.807) is 0 Å². The summed E-state index contributed by atoms with van der Waals surface area (Å²) in [5.41, 5.74) is 1.16. The van der Waals surface area contributed by atoms with Gasteiger partial charge < -0.3 is 9.47 Å². The first-order chi connectivity index (χ1) is 11.1. The number of likely N-dealkylation sites (tertiary alicyclic amines) is 1. The van der Waals surface area contributed by atoms with E-state index in [2.05, 4.69) is 28.3 Å². The van der Waals surface area contributed by atoms with E-state index >= 15 is 0 Å². The van der Waals surface area contributed by atoms with Gasteiger partial charge in [-0.05, 0) is 39.0 Å². The molecule has 1 aromatic heterocycles. The first-order valence-electron chi connectivity index (χ1n) is 9.41. The third-order valence-corrected chi connectivity index (χ3v) is 6.24. The Bertz CT molecular complexity index is 596. The maximum atomic E-state index is 13.1. The van der Waals surface area contributed by atoms with Gasteiger partial charge in [-0.3, -0.25) is 4.79 Å². The smallest absolute Gasteiger partial charge is 0.228 e. The zero-order valence-corrected chi connectivity index (χ0v) is 14.6. The fraction of sp³-hybridized carbons (Fsp3) is 0.789. The second kappa shape index (κ2) is 5.64. The zero-order valence-electron chi connectivity index (χ0n) is 14.6. The second-order valence-electron chi connectivity index (χ2n) is 8.22. The molecule has 1 saturated heterocycles. The van der Waals surface area contributed by atoms with Crippen molar-refractivity contribution in [1.29, 1.82) is 0 Å². The molecule has 126 valence electrons. The van der Waals surface area contributed by atoms with Crippen LogP contribution >= 0.6 is 0 Å². The summed E-state index contributed by atoms with van der Waals surface area (Å²) in [5.74, 6) is 2.35. The number of amides is 1. The number of aromatic nitrogens is 2. The van der Waals surface area contributed by atoms with Crippen molar-refractivity contribution in [2.45, 2.75) is 77.2 Å². The van der Waals surface area contributed by atoms with Gasteiger partial charge in [0.05, 0.1) is 6.04 Å². The molecule has 1 aromatic rings. The molecule has 0 aromatic carbocycles. The molecule has 0 N–H and O–H groups in total. The highest BCUT2D eigenvalue weighted by molar-refractivity contribution is 5.82. The van der Waals surface area contributed by atoms with Gasteiger partial charge in [0.25, 0.3) is 0 Å². The Morgan fingerprint density at radius 3 is 2.65 bits per heavy atom. The van der Waals surface area contributed by atoms with Crippen molar-refractivity contribution in [3.63, 3.8) is 0 Å². The summed E-state index contributed by atoms with van der Waals surface area (Å²) in [7, 11) is 0. The van der Waals surface area contributed by atoms with Crippen molar-refractivity contribution in [1.82, 2.24) is 14.5 Å². The summed E-state index contributed by atoms with van der Waals surface area (Å²) in [6.07, 6.45) is 11.5. The van der Waals surface area contributed by atoms with E-state index in [0.29, 0.717) is 17.9 Å². The molecule has 23 heavy (non-hydrogen) atoms. The molecule has 2 aliphatic carbocycles. The predicted octanol–water partition coefficient (Wildman–Crippen LogP) is 3.81. The van der Waals surface area contributed by atoms with Crippen molar-refractivity contribution < 1.29 is 4.79 Å². The molecule has 0 spiro atoms. The molecule has 1 atom stereocenters. The maximum Gasteiger partial charge on any atom is 0.228 e. The Labute approximate surface area is 139 Å². The Balaban J connectivity index is 1.49. The highest BCUT2D eigenvalue weighted by Crippen LogP contribution is 2.42. The lowest BCUT2D eigenvalue weighted by molar-refractivity contribution is -0.142. The second-order valence-corrected chi connectivity index (χ2v) is 8.22. The molecule has 2 saturated carbocycles. The fourth-order valence-electron chi connectivity index (χ4n) is 4.65. The summed E-state index contributed by atoms with van der Waals surface area (Å²) in [6, 6.07) is 0.434. The number of nitrogens with zero attached hydrogens (tertiary/aromatic N) is 3. The normalized spacial score (nSPS) is 27.4. The highest BCUT2D eigenvalue weighted by atomic mass is 16.2. The third kappa shape index (κ3) is 2.70. The fourth-order valence-corrected chi connectivity index (χ4v) is 4.65. The van der Waals surface area contributed by atoms with Gasteiger partial charge in [0.2, 0.25) is 5.91 Å². The van der Waals surface area contributed by atoms with Crippen LogP contribution in [0, 0.1) is 12.3 Å². The number of aryl methyl sites for hydroxylation is 1. The molecule has 4 rings (SSSR count). The Morgan fingerprint density at radius 2 is 1.96 bits per heavy atom. The summed E-state index contributed by atoms with van der Waals surface area (Å²) < 4.78 is 2.44. The number of carbonyl (C=O) groups excluding carboxylic acids is 1. The van der Waals surface area contributed by atoms with Crippen molar-refractivity contribution >= 4 is 5.91 Å². The average molecular weight is 315 g/mol. The van der Waals surface area contributed by atoms with E-state index in [1.807, 2.05) is 6.20 Å². The molecule has 1 amide bonds. The number of carbonyl (C=O) groups is 1. The minimum absolute atomic E-state index is 0.101. The molecule has 2 heterocycles. The lowest BCUT2D eigenvalue weighted by Crippen LogP contribution is -2.42. The molecule has 3 aliphatic rings. The summed E-state index contributed by atoms with van der Waals surface area (Å²) in [4.78, 5) is 19.9. The molecule has 0 radical (unpaired) electrons. The molecule has 0 bridgehead atoms. The first kappa shape index (κ1) is 15.2. The van der Waals surface area contributed by atoms with Crippen LogP contribution < -0.4 is 0 Å². The summed E-state index contributed by atoms with van der Waals surface area (Å²) in [5, 5.41) is 0. The number of imidazole rings is 1. The minimum Gasteiger partial charge on any atom is -0.340 e. The SMILES string of the molecule is Cc1cnc(C2CC2)n1C1CCN(C(=O)C2(C)CCCCC2)C1. The molecular formula is C19H29N3O. The van der Waals surface area contributed by atoms with Gasteiger partial charge in [-0.2, -0.15) is 0 Å². The number of rotatable bonds is 3. The average Bonchev–Trinajstić information content (AvgIpc) is 3.15. The predicted molar refractivity (Wildman–Crippen MR) is 90.4 cm³/mol. The van der Waals surface area contributed by atoms with Crippen LogP contribution in [0.2, 0.25) is 0 Å². The van der Waals surface area contributed by atoms with Crippen molar-refractivity contribution in [3.8, 4) is 0 Å². The van der Waals surface area contributed by atoms with E-state index in [4.69, 9.17) is 0 Å². The largest absolute Gasteiger partial charge is 0.340 e. The molecule has 3 fully saturated rings. The number of hydrogen-bond acceptors (Lipinski definition) is 2. The molecule has 1 unspecified atom stereocenters. The Morgan fingerprint density at radius 1 is 1.22 bits per heavy atom. The van der Waals surface area contributed by atoms with Crippen molar-refractivity contribution in [2.24, 2.45) is 5.41 Å². The van der Waals surface area contributed by atoms with Crippen LogP contribution in [0.3, 0.4) is 0 Å². The summed E-state index contributed by atoms with van der Waals surface area (Å²) in [6.45, 7) is 6.15.